The van der Waals surface area contributed by atoms with Crippen molar-refractivity contribution in [2.75, 3.05) is 26.7 Å². The molecule has 1 saturated heterocycles. The van der Waals surface area contributed by atoms with Gasteiger partial charge in [0.25, 0.3) is 0 Å². The van der Waals surface area contributed by atoms with E-state index in [0.29, 0.717) is 0 Å². The van der Waals surface area contributed by atoms with E-state index in [1.54, 1.807) is 0 Å². The zero-order valence-electron chi connectivity index (χ0n) is 9.45. The summed E-state index contributed by atoms with van der Waals surface area (Å²) < 4.78 is 0. The molecule has 2 rings (SSSR count). The van der Waals surface area contributed by atoms with E-state index < -0.39 is 0 Å². The molecule has 0 radical (unpaired) electrons. The number of aryl methyl sites for hydroxylation is 1. The topological polar surface area (TPSA) is 29.3 Å². The van der Waals surface area contributed by atoms with Crippen molar-refractivity contribution in [3.05, 3.63) is 35.4 Å². The van der Waals surface area contributed by atoms with Gasteiger partial charge in [0.15, 0.2) is 0 Å². The molecule has 15 heavy (non-hydrogen) atoms. The molecule has 0 spiro atoms. The Morgan fingerprint density at radius 2 is 1.93 bits per heavy atom. The monoisotopic (exact) mass is 204 g/mol. The lowest BCUT2D eigenvalue weighted by Crippen LogP contribution is -2.41. The van der Waals surface area contributed by atoms with Gasteiger partial charge in [0.1, 0.15) is 0 Å². The molecule has 1 aliphatic rings. The molecule has 0 atom stereocenters. The summed E-state index contributed by atoms with van der Waals surface area (Å²) in [6, 6.07) is 9.07. The summed E-state index contributed by atoms with van der Waals surface area (Å²) in [5.74, 6) is 0.763. The van der Waals surface area contributed by atoms with Crippen molar-refractivity contribution >= 4 is 0 Å². The predicted molar refractivity (Wildman–Crippen MR) is 64.1 cm³/mol. The molecule has 1 fully saturated rings. The molecule has 0 bridgehead atoms. The highest BCUT2D eigenvalue weighted by molar-refractivity contribution is 5.27. The standard InChI is InChI=1S/C13H20N2/c1-15-9-13(10-15)12-6-4-11(5-7-12)3-2-8-14/h4-7,13H,2-3,8-10,14H2,1H3. The van der Waals surface area contributed by atoms with Gasteiger partial charge in [-0.2, -0.15) is 0 Å². The van der Waals surface area contributed by atoms with Gasteiger partial charge in [-0.05, 0) is 37.6 Å². The highest BCUT2D eigenvalue weighted by Crippen LogP contribution is 2.25. The van der Waals surface area contributed by atoms with Crippen LogP contribution in [0.5, 0.6) is 0 Å². The van der Waals surface area contributed by atoms with E-state index in [0.717, 1.165) is 25.3 Å². The maximum atomic E-state index is 5.49. The summed E-state index contributed by atoms with van der Waals surface area (Å²) in [5.41, 5.74) is 8.40. The first kappa shape index (κ1) is 10.7. The van der Waals surface area contributed by atoms with E-state index in [-0.39, 0.29) is 0 Å². The van der Waals surface area contributed by atoms with E-state index in [1.165, 1.54) is 24.2 Å². The molecule has 82 valence electrons. The fourth-order valence-corrected chi connectivity index (χ4v) is 2.17. The molecule has 2 heteroatoms. The second kappa shape index (κ2) is 4.77. The third-order valence-corrected chi connectivity index (χ3v) is 3.18. The van der Waals surface area contributed by atoms with Crippen molar-refractivity contribution in [2.24, 2.45) is 5.73 Å². The molecule has 2 nitrogen and oxygen atoms in total. The van der Waals surface area contributed by atoms with Crippen LogP contribution >= 0.6 is 0 Å². The smallest absolute Gasteiger partial charge is 0.00933 e. The van der Waals surface area contributed by atoms with Crippen molar-refractivity contribution < 1.29 is 0 Å². The van der Waals surface area contributed by atoms with E-state index >= 15 is 0 Å². The first-order chi connectivity index (χ1) is 7.29. The van der Waals surface area contributed by atoms with Crippen LogP contribution in [0.25, 0.3) is 0 Å². The van der Waals surface area contributed by atoms with Crippen molar-refractivity contribution in [3.63, 3.8) is 0 Å². The van der Waals surface area contributed by atoms with Crippen LogP contribution < -0.4 is 5.73 Å². The van der Waals surface area contributed by atoms with E-state index in [2.05, 4.69) is 36.2 Å². The molecule has 0 amide bonds. The zero-order valence-corrected chi connectivity index (χ0v) is 9.45. The first-order valence-electron chi connectivity index (χ1n) is 5.77. The summed E-state index contributed by atoms with van der Waals surface area (Å²) >= 11 is 0. The number of hydrogen-bond acceptors (Lipinski definition) is 2. The van der Waals surface area contributed by atoms with Gasteiger partial charge in [-0.25, -0.2) is 0 Å². The molecular weight excluding hydrogens is 184 g/mol. The molecule has 1 aromatic carbocycles. The SMILES string of the molecule is CN1CC(c2ccc(CCCN)cc2)C1. The Labute approximate surface area is 92.1 Å². The van der Waals surface area contributed by atoms with Gasteiger partial charge in [-0.3, -0.25) is 0 Å². The summed E-state index contributed by atoms with van der Waals surface area (Å²) in [7, 11) is 2.17. The van der Waals surface area contributed by atoms with Crippen molar-refractivity contribution in [3.8, 4) is 0 Å². The Morgan fingerprint density at radius 3 is 2.47 bits per heavy atom. The molecular formula is C13H20N2. The summed E-state index contributed by atoms with van der Waals surface area (Å²) in [4.78, 5) is 2.35. The van der Waals surface area contributed by atoms with Crippen LogP contribution in [0.3, 0.4) is 0 Å². The Bertz CT molecular complexity index is 299. The van der Waals surface area contributed by atoms with Crippen LogP contribution in [0.2, 0.25) is 0 Å². The second-order valence-electron chi connectivity index (χ2n) is 4.55. The first-order valence-corrected chi connectivity index (χ1v) is 5.77. The fraction of sp³-hybridized carbons (Fsp3) is 0.538. The number of rotatable bonds is 4. The van der Waals surface area contributed by atoms with Crippen LogP contribution in [0.1, 0.15) is 23.5 Å². The number of hydrogen-bond donors (Lipinski definition) is 1. The van der Waals surface area contributed by atoms with Crippen LogP contribution in [0, 0.1) is 0 Å². The Balaban J connectivity index is 1.92. The van der Waals surface area contributed by atoms with Gasteiger partial charge in [0.2, 0.25) is 0 Å². The summed E-state index contributed by atoms with van der Waals surface area (Å²) in [5, 5.41) is 0. The van der Waals surface area contributed by atoms with Crippen LogP contribution in [0.4, 0.5) is 0 Å². The normalized spacial score (nSPS) is 17.7. The fourth-order valence-electron chi connectivity index (χ4n) is 2.17. The molecule has 1 aliphatic heterocycles. The van der Waals surface area contributed by atoms with Gasteiger partial charge in [0.05, 0.1) is 0 Å². The van der Waals surface area contributed by atoms with Gasteiger partial charge in [-0.1, -0.05) is 24.3 Å². The molecule has 2 N–H and O–H groups in total. The molecule has 0 aliphatic carbocycles. The van der Waals surface area contributed by atoms with E-state index in [1.807, 2.05) is 0 Å². The van der Waals surface area contributed by atoms with Crippen molar-refractivity contribution in [1.82, 2.24) is 4.90 Å². The van der Waals surface area contributed by atoms with Crippen LogP contribution in [0.15, 0.2) is 24.3 Å². The second-order valence-corrected chi connectivity index (χ2v) is 4.55. The largest absolute Gasteiger partial charge is 0.330 e. The molecule has 1 aromatic rings. The van der Waals surface area contributed by atoms with Crippen molar-refractivity contribution in [2.45, 2.75) is 18.8 Å². The molecule has 0 unspecified atom stereocenters. The van der Waals surface area contributed by atoms with Gasteiger partial charge in [-0.15, -0.1) is 0 Å². The van der Waals surface area contributed by atoms with Crippen molar-refractivity contribution in [1.29, 1.82) is 0 Å². The van der Waals surface area contributed by atoms with Crippen LogP contribution in [-0.4, -0.2) is 31.6 Å². The lowest BCUT2D eigenvalue weighted by Gasteiger charge is -2.36. The highest BCUT2D eigenvalue weighted by atomic mass is 15.2. The molecule has 0 aromatic heterocycles. The minimum atomic E-state index is 0.763. The Kier molecular flexibility index (Phi) is 3.39. The quantitative estimate of drug-likeness (QED) is 0.807. The third kappa shape index (κ3) is 2.58. The maximum Gasteiger partial charge on any atom is 0.00933 e. The minimum absolute atomic E-state index is 0.763. The minimum Gasteiger partial charge on any atom is -0.330 e. The number of nitrogens with zero attached hydrogens (tertiary/aromatic N) is 1. The number of likely N-dealkylation sites (tertiary alicyclic amines) is 1. The molecule has 1 heterocycles. The van der Waals surface area contributed by atoms with Gasteiger partial charge >= 0.3 is 0 Å². The predicted octanol–water partition coefficient (Wildman–Crippen LogP) is 1.61. The molecule has 0 saturated carbocycles. The van der Waals surface area contributed by atoms with Crippen LogP contribution in [-0.2, 0) is 6.42 Å². The summed E-state index contributed by atoms with van der Waals surface area (Å²) in [6.07, 6.45) is 2.20. The zero-order chi connectivity index (χ0) is 10.7. The lowest BCUT2D eigenvalue weighted by atomic mass is 9.91. The number of benzene rings is 1. The maximum absolute atomic E-state index is 5.49. The van der Waals surface area contributed by atoms with Gasteiger partial charge in [0, 0.05) is 19.0 Å². The average Bonchev–Trinajstić information content (AvgIpc) is 2.23. The number of likely N-dealkylation sites (N-methyl/N-ethyl adjacent to an activating group) is 1. The summed E-state index contributed by atoms with van der Waals surface area (Å²) in [6.45, 7) is 3.21. The van der Waals surface area contributed by atoms with Gasteiger partial charge < -0.3 is 10.6 Å². The highest BCUT2D eigenvalue weighted by Gasteiger charge is 2.24. The Morgan fingerprint density at radius 1 is 1.27 bits per heavy atom. The number of nitrogens with two attached hydrogens (primary N) is 1. The third-order valence-electron chi connectivity index (χ3n) is 3.18. The van der Waals surface area contributed by atoms with E-state index in [4.69, 9.17) is 5.73 Å². The van der Waals surface area contributed by atoms with E-state index in [9.17, 15) is 0 Å². The Hall–Kier alpha value is -0.860. The average molecular weight is 204 g/mol. The lowest BCUT2D eigenvalue weighted by molar-refractivity contribution is 0.190.